The fourth-order valence-corrected chi connectivity index (χ4v) is 3.60. The minimum atomic E-state index is -0.692. The first-order valence-corrected chi connectivity index (χ1v) is 9.39. The summed E-state index contributed by atoms with van der Waals surface area (Å²) in [6.45, 7) is 0.251. The number of hydrogen-bond acceptors (Lipinski definition) is 3. The predicted octanol–water partition coefficient (Wildman–Crippen LogP) is 2.83. The molecule has 0 bridgehead atoms. The van der Waals surface area contributed by atoms with Crippen molar-refractivity contribution >= 4 is 22.6 Å². The van der Waals surface area contributed by atoms with Gasteiger partial charge in [0.15, 0.2) is 0 Å². The van der Waals surface area contributed by atoms with E-state index in [-0.39, 0.29) is 12.6 Å². The molecule has 138 valence electrons. The van der Waals surface area contributed by atoms with Crippen LogP contribution in [0.5, 0.6) is 0 Å². The second kappa shape index (κ2) is 8.81. The van der Waals surface area contributed by atoms with E-state index in [9.17, 15) is 14.7 Å². The van der Waals surface area contributed by atoms with Crippen LogP contribution in [0, 0.1) is 0 Å². The fourth-order valence-electron chi connectivity index (χ4n) is 3.60. The lowest BCUT2D eigenvalue weighted by Gasteiger charge is -2.22. The van der Waals surface area contributed by atoms with Crippen LogP contribution >= 0.6 is 0 Å². The van der Waals surface area contributed by atoms with Crippen LogP contribution in [0.25, 0.3) is 10.8 Å². The molecular formula is C21H26N2O3. The van der Waals surface area contributed by atoms with Gasteiger partial charge in [-0.15, -0.1) is 0 Å². The van der Waals surface area contributed by atoms with Crippen LogP contribution in [0.1, 0.15) is 50.2 Å². The first-order valence-electron chi connectivity index (χ1n) is 9.39. The summed E-state index contributed by atoms with van der Waals surface area (Å²) >= 11 is 0. The summed E-state index contributed by atoms with van der Waals surface area (Å²) in [4.78, 5) is 23.9. The largest absolute Gasteiger partial charge is 0.388 e. The SMILES string of the molecule is O=C(NCCC(O)c1cccc2ccccc12)C(=O)NC1CCCCC1. The van der Waals surface area contributed by atoms with E-state index in [0.29, 0.717) is 6.42 Å². The number of aliphatic hydroxyl groups is 1. The average molecular weight is 354 g/mol. The van der Waals surface area contributed by atoms with Gasteiger partial charge in [0.25, 0.3) is 0 Å². The lowest BCUT2D eigenvalue weighted by Crippen LogP contribution is -2.45. The Balaban J connectivity index is 1.49. The zero-order valence-electron chi connectivity index (χ0n) is 14.9. The van der Waals surface area contributed by atoms with Crippen LogP contribution in [0.4, 0.5) is 0 Å². The van der Waals surface area contributed by atoms with E-state index >= 15 is 0 Å². The molecule has 5 nitrogen and oxygen atoms in total. The molecule has 1 fully saturated rings. The van der Waals surface area contributed by atoms with Crippen molar-refractivity contribution in [1.29, 1.82) is 0 Å². The van der Waals surface area contributed by atoms with Crippen LogP contribution in [0.3, 0.4) is 0 Å². The Morgan fingerprint density at radius 1 is 1.00 bits per heavy atom. The van der Waals surface area contributed by atoms with E-state index in [2.05, 4.69) is 10.6 Å². The molecular weight excluding hydrogens is 328 g/mol. The number of aliphatic hydroxyl groups excluding tert-OH is 1. The van der Waals surface area contributed by atoms with E-state index in [1.54, 1.807) is 0 Å². The van der Waals surface area contributed by atoms with Crippen molar-refractivity contribution in [1.82, 2.24) is 10.6 Å². The maximum absolute atomic E-state index is 11.9. The number of benzene rings is 2. The minimum absolute atomic E-state index is 0.114. The number of amides is 2. The Morgan fingerprint density at radius 2 is 1.73 bits per heavy atom. The molecule has 3 rings (SSSR count). The molecule has 1 unspecified atom stereocenters. The number of fused-ring (bicyclic) bond motifs is 1. The highest BCUT2D eigenvalue weighted by Crippen LogP contribution is 2.25. The van der Waals surface area contributed by atoms with Crippen LogP contribution in [0.2, 0.25) is 0 Å². The number of carbonyl (C=O) groups is 2. The molecule has 26 heavy (non-hydrogen) atoms. The molecule has 1 aliphatic carbocycles. The third-order valence-electron chi connectivity index (χ3n) is 5.03. The fraction of sp³-hybridized carbons (Fsp3) is 0.429. The Bertz CT molecular complexity index is 763. The standard InChI is InChI=1S/C21H26N2O3/c24-19(18-12-6-8-15-7-4-5-11-17(15)18)13-14-22-20(25)21(26)23-16-9-2-1-3-10-16/h4-8,11-12,16,19,24H,1-3,9-10,13-14H2,(H,22,25)(H,23,26). The third kappa shape index (κ3) is 4.61. The highest BCUT2D eigenvalue weighted by atomic mass is 16.3. The zero-order valence-corrected chi connectivity index (χ0v) is 14.9. The minimum Gasteiger partial charge on any atom is -0.388 e. The monoisotopic (exact) mass is 354 g/mol. The lowest BCUT2D eigenvalue weighted by atomic mass is 9.95. The van der Waals surface area contributed by atoms with Crippen molar-refractivity contribution in [3.8, 4) is 0 Å². The highest BCUT2D eigenvalue weighted by molar-refractivity contribution is 6.35. The maximum atomic E-state index is 11.9. The summed E-state index contributed by atoms with van der Waals surface area (Å²) < 4.78 is 0. The summed E-state index contributed by atoms with van der Waals surface area (Å²) in [5, 5.41) is 18.0. The highest BCUT2D eigenvalue weighted by Gasteiger charge is 2.20. The molecule has 0 saturated heterocycles. The molecule has 5 heteroatoms. The molecule has 2 aromatic rings. The van der Waals surface area contributed by atoms with Gasteiger partial charge in [0, 0.05) is 12.6 Å². The van der Waals surface area contributed by atoms with Gasteiger partial charge in [0.05, 0.1) is 6.10 Å². The number of carbonyl (C=O) groups excluding carboxylic acids is 2. The van der Waals surface area contributed by atoms with Crippen molar-refractivity contribution in [3.63, 3.8) is 0 Å². The predicted molar refractivity (Wildman–Crippen MR) is 102 cm³/mol. The third-order valence-corrected chi connectivity index (χ3v) is 5.03. The first kappa shape index (κ1) is 18.4. The van der Waals surface area contributed by atoms with E-state index < -0.39 is 17.9 Å². The Hall–Kier alpha value is -2.40. The molecule has 0 radical (unpaired) electrons. The summed E-state index contributed by atoms with van der Waals surface area (Å²) in [6.07, 6.45) is 4.95. The molecule has 3 N–H and O–H groups in total. The number of rotatable bonds is 5. The molecule has 0 aliphatic heterocycles. The van der Waals surface area contributed by atoms with Crippen molar-refractivity contribution in [2.24, 2.45) is 0 Å². The topological polar surface area (TPSA) is 78.4 Å². The summed E-state index contributed by atoms with van der Waals surface area (Å²) in [6, 6.07) is 13.8. The maximum Gasteiger partial charge on any atom is 0.309 e. The van der Waals surface area contributed by atoms with Gasteiger partial charge in [-0.05, 0) is 35.6 Å². The zero-order chi connectivity index (χ0) is 18.4. The molecule has 0 heterocycles. The number of nitrogens with one attached hydrogen (secondary N) is 2. The number of hydrogen-bond donors (Lipinski definition) is 3. The van der Waals surface area contributed by atoms with Gasteiger partial charge in [0.2, 0.25) is 0 Å². The van der Waals surface area contributed by atoms with Gasteiger partial charge >= 0.3 is 11.8 Å². The smallest absolute Gasteiger partial charge is 0.309 e. The Kier molecular flexibility index (Phi) is 6.23. The van der Waals surface area contributed by atoms with Crippen molar-refractivity contribution in [2.75, 3.05) is 6.54 Å². The van der Waals surface area contributed by atoms with E-state index in [4.69, 9.17) is 0 Å². The van der Waals surface area contributed by atoms with E-state index in [1.165, 1.54) is 6.42 Å². The molecule has 1 aliphatic rings. The van der Waals surface area contributed by atoms with Crippen molar-refractivity contribution < 1.29 is 14.7 Å². The van der Waals surface area contributed by atoms with Crippen molar-refractivity contribution in [3.05, 3.63) is 48.0 Å². The van der Waals surface area contributed by atoms with Gasteiger partial charge in [-0.25, -0.2) is 0 Å². The van der Waals surface area contributed by atoms with Crippen LogP contribution < -0.4 is 10.6 Å². The summed E-state index contributed by atoms with van der Waals surface area (Å²) in [7, 11) is 0. The van der Waals surface area contributed by atoms with Gasteiger partial charge in [-0.2, -0.15) is 0 Å². The molecule has 2 aromatic carbocycles. The molecule has 0 spiro atoms. The average Bonchev–Trinajstić information content (AvgIpc) is 2.68. The van der Waals surface area contributed by atoms with E-state index in [0.717, 1.165) is 42.0 Å². The van der Waals surface area contributed by atoms with E-state index in [1.807, 2.05) is 42.5 Å². The molecule has 0 aromatic heterocycles. The summed E-state index contributed by atoms with van der Waals surface area (Å²) in [5.74, 6) is -1.20. The van der Waals surface area contributed by atoms with Gasteiger partial charge < -0.3 is 15.7 Å². The lowest BCUT2D eigenvalue weighted by molar-refractivity contribution is -0.139. The van der Waals surface area contributed by atoms with Crippen LogP contribution in [0.15, 0.2) is 42.5 Å². The van der Waals surface area contributed by atoms with Gasteiger partial charge in [0.1, 0.15) is 0 Å². The first-order chi connectivity index (χ1) is 12.6. The second-order valence-electron chi connectivity index (χ2n) is 6.94. The molecule has 2 amide bonds. The van der Waals surface area contributed by atoms with Crippen LogP contribution in [-0.4, -0.2) is 29.5 Å². The molecule has 1 saturated carbocycles. The Labute approximate surface area is 153 Å². The normalized spacial score (nSPS) is 16.2. The van der Waals surface area contributed by atoms with Crippen molar-refractivity contribution in [2.45, 2.75) is 50.7 Å². The Morgan fingerprint density at radius 3 is 2.54 bits per heavy atom. The van der Waals surface area contributed by atoms with Gasteiger partial charge in [-0.3, -0.25) is 9.59 Å². The molecule has 1 atom stereocenters. The quantitative estimate of drug-likeness (QED) is 0.723. The summed E-state index contributed by atoms with van der Waals surface area (Å²) in [5.41, 5.74) is 0.837. The van der Waals surface area contributed by atoms with Gasteiger partial charge in [-0.1, -0.05) is 61.7 Å². The second-order valence-corrected chi connectivity index (χ2v) is 6.94. The van der Waals surface area contributed by atoms with Crippen LogP contribution in [-0.2, 0) is 9.59 Å².